The standard InChI is InChI=1S/C22H33N5O7/c1-3-12(2)18(22(33)34)27-20(31)15(9-13-7-5-4-6-8-13)25-21(32)16(11-28)26-19(30)14(23)10-17(24)29/h4-8,12,14-16,18,28H,3,9-11,23H2,1-2H3,(H2,24,29)(H,25,32)(H,26,30)(H,27,31)(H,33,34). The van der Waals surface area contributed by atoms with Crippen molar-refractivity contribution in [2.45, 2.75) is 57.3 Å². The lowest BCUT2D eigenvalue weighted by molar-refractivity contribution is -0.143. The fraction of sp³-hybridized carbons (Fsp3) is 0.500. The first kappa shape index (κ1) is 28.5. The molecule has 0 heterocycles. The number of aliphatic hydroxyl groups excluding tert-OH is 1. The minimum Gasteiger partial charge on any atom is -0.480 e. The Bertz CT molecular complexity index is 864. The predicted octanol–water partition coefficient (Wildman–Crippen LogP) is -1.99. The zero-order valence-electron chi connectivity index (χ0n) is 19.2. The number of rotatable bonds is 14. The molecule has 9 N–H and O–H groups in total. The van der Waals surface area contributed by atoms with Crippen LogP contribution in [0.15, 0.2) is 30.3 Å². The van der Waals surface area contributed by atoms with E-state index >= 15 is 0 Å². The lowest BCUT2D eigenvalue weighted by atomic mass is 9.98. The normalized spacial score (nSPS) is 15.2. The van der Waals surface area contributed by atoms with E-state index in [0.717, 1.165) is 0 Å². The largest absolute Gasteiger partial charge is 0.480 e. The van der Waals surface area contributed by atoms with E-state index in [1.54, 1.807) is 44.2 Å². The smallest absolute Gasteiger partial charge is 0.326 e. The quantitative estimate of drug-likeness (QED) is 0.158. The lowest BCUT2D eigenvalue weighted by Crippen LogP contribution is -2.59. The van der Waals surface area contributed by atoms with Crippen molar-refractivity contribution >= 4 is 29.6 Å². The molecule has 0 spiro atoms. The summed E-state index contributed by atoms with van der Waals surface area (Å²) < 4.78 is 0. The number of aliphatic hydroxyl groups is 1. The number of nitrogens with two attached hydrogens (primary N) is 2. The summed E-state index contributed by atoms with van der Waals surface area (Å²) in [5.74, 6) is -4.92. The van der Waals surface area contributed by atoms with Gasteiger partial charge in [-0.1, -0.05) is 50.6 Å². The number of carbonyl (C=O) groups is 5. The maximum absolute atomic E-state index is 13.0. The summed E-state index contributed by atoms with van der Waals surface area (Å²) in [6.07, 6.45) is 0.0620. The molecule has 1 aromatic rings. The minimum atomic E-state index is -1.47. The molecule has 0 aromatic heterocycles. The molecule has 5 atom stereocenters. The van der Waals surface area contributed by atoms with Gasteiger partial charge in [0.15, 0.2) is 0 Å². The molecule has 4 amide bonds. The predicted molar refractivity (Wildman–Crippen MR) is 122 cm³/mol. The molecule has 0 saturated heterocycles. The zero-order chi connectivity index (χ0) is 25.8. The van der Waals surface area contributed by atoms with E-state index in [1.165, 1.54) is 0 Å². The molecule has 0 saturated carbocycles. The molecule has 188 valence electrons. The average molecular weight is 480 g/mol. The number of hydrogen-bond donors (Lipinski definition) is 7. The summed E-state index contributed by atoms with van der Waals surface area (Å²) in [6.45, 7) is 2.65. The summed E-state index contributed by atoms with van der Waals surface area (Å²) in [5.41, 5.74) is 11.2. The molecule has 0 aliphatic carbocycles. The van der Waals surface area contributed by atoms with Crippen LogP contribution in [-0.4, -0.2) is 70.6 Å². The molecule has 0 radical (unpaired) electrons. The van der Waals surface area contributed by atoms with Crippen LogP contribution in [0.5, 0.6) is 0 Å². The molecule has 34 heavy (non-hydrogen) atoms. The molecule has 12 heteroatoms. The van der Waals surface area contributed by atoms with Gasteiger partial charge in [0.05, 0.1) is 19.1 Å². The van der Waals surface area contributed by atoms with Crippen molar-refractivity contribution in [1.29, 1.82) is 0 Å². The van der Waals surface area contributed by atoms with E-state index in [0.29, 0.717) is 12.0 Å². The Morgan fingerprint density at radius 1 is 0.941 bits per heavy atom. The van der Waals surface area contributed by atoms with Gasteiger partial charge in [-0.3, -0.25) is 19.2 Å². The van der Waals surface area contributed by atoms with Crippen molar-refractivity contribution in [3.63, 3.8) is 0 Å². The van der Waals surface area contributed by atoms with E-state index in [2.05, 4.69) is 16.0 Å². The zero-order valence-corrected chi connectivity index (χ0v) is 19.2. The summed E-state index contributed by atoms with van der Waals surface area (Å²) in [6, 6.07) is 3.53. The van der Waals surface area contributed by atoms with Crippen LogP contribution in [0.2, 0.25) is 0 Å². The maximum atomic E-state index is 13.0. The fourth-order valence-electron chi connectivity index (χ4n) is 3.05. The first-order valence-electron chi connectivity index (χ1n) is 10.8. The Kier molecular flexibility index (Phi) is 11.7. The van der Waals surface area contributed by atoms with Crippen molar-refractivity contribution in [2.75, 3.05) is 6.61 Å². The number of amides is 4. The van der Waals surface area contributed by atoms with Crippen molar-refractivity contribution in [1.82, 2.24) is 16.0 Å². The van der Waals surface area contributed by atoms with Crippen molar-refractivity contribution in [3.8, 4) is 0 Å². The SMILES string of the molecule is CCC(C)C(NC(=O)C(Cc1ccccc1)NC(=O)C(CO)NC(=O)C(N)CC(N)=O)C(=O)O. The first-order valence-corrected chi connectivity index (χ1v) is 10.8. The minimum absolute atomic E-state index is 0.0263. The molecule has 1 rings (SSSR count). The number of primary amides is 1. The third-order valence-corrected chi connectivity index (χ3v) is 5.27. The highest BCUT2D eigenvalue weighted by Crippen LogP contribution is 2.10. The molecule has 0 aliphatic heterocycles. The van der Waals surface area contributed by atoms with E-state index in [9.17, 15) is 34.2 Å². The molecular weight excluding hydrogens is 446 g/mol. The van der Waals surface area contributed by atoms with Gasteiger partial charge in [0.1, 0.15) is 18.1 Å². The first-order chi connectivity index (χ1) is 16.0. The number of carboxylic acids is 1. The number of nitrogens with one attached hydrogen (secondary N) is 3. The van der Waals surface area contributed by atoms with Gasteiger partial charge in [-0.2, -0.15) is 0 Å². The number of carbonyl (C=O) groups excluding carboxylic acids is 4. The van der Waals surface area contributed by atoms with Crippen LogP contribution in [-0.2, 0) is 30.4 Å². The van der Waals surface area contributed by atoms with E-state index in [1.807, 2.05) is 0 Å². The highest BCUT2D eigenvalue weighted by molar-refractivity contribution is 5.95. The van der Waals surface area contributed by atoms with Gasteiger partial charge in [-0.25, -0.2) is 4.79 Å². The van der Waals surface area contributed by atoms with Gasteiger partial charge in [0.2, 0.25) is 23.6 Å². The highest BCUT2D eigenvalue weighted by Gasteiger charge is 2.32. The van der Waals surface area contributed by atoms with E-state index in [4.69, 9.17) is 11.5 Å². The maximum Gasteiger partial charge on any atom is 0.326 e. The average Bonchev–Trinajstić information content (AvgIpc) is 2.79. The third kappa shape index (κ3) is 9.16. The van der Waals surface area contributed by atoms with Gasteiger partial charge >= 0.3 is 5.97 Å². The van der Waals surface area contributed by atoms with Crippen molar-refractivity contribution in [3.05, 3.63) is 35.9 Å². The van der Waals surface area contributed by atoms with Crippen LogP contribution in [0.25, 0.3) is 0 Å². The Morgan fingerprint density at radius 2 is 1.50 bits per heavy atom. The van der Waals surface area contributed by atoms with Gasteiger partial charge in [0, 0.05) is 6.42 Å². The second-order valence-corrected chi connectivity index (χ2v) is 7.98. The number of carboxylic acid groups (broad SMARTS) is 1. The van der Waals surface area contributed by atoms with Crippen LogP contribution >= 0.6 is 0 Å². The van der Waals surface area contributed by atoms with Crippen LogP contribution in [0.4, 0.5) is 0 Å². The molecular formula is C22H33N5O7. The second-order valence-electron chi connectivity index (χ2n) is 7.98. The fourth-order valence-corrected chi connectivity index (χ4v) is 3.05. The lowest BCUT2D eigenvalue weighted by Gasteiger charge is -2.26. The van der Waals surface area contributed by atoms with Crippen molar-refractivity contribution in [2.24, 2.45) is 17.4 Å². The van der Waals surface area contributed by atoms with Gasteiger partial charge in [-0.15, -0.1) is 0 Å². The third-order valence-electron chi connectivity index (χ3n) is 5.27. The summed E-state index contributed by atoms with van der Waals surface area (Å²) in [5, 5.41) is 26.2. The van der Waals surface area contributed by atoms with Gasteiger partial charge in [0.25, 0.3) is 0 Å². The summed E-state index contributed by atoms with van der Waals surface area (Å²) in [4.78, 5) is 60.4. The number of hydrogen-bond acceptors (Lipinski definition) is 7. The second kappa shape index (κ2) is 13.9. The molecule has 0 aliphatic rings. The van der Waals surface area contributed by atoms with E-state index in [-0.39, 0.29) is 12.3 Å². The van der Waals surface area contributed by atoms with Crippen LogP contribution in [0.1, 0.15) is 32.3 Å². The Hall–Kier alpha value is -3.51. The molecule has 12 nitrogen and oxygen atoms in total. The molecule has 1 aromatic carbocycles. The summed E-state index contributed by atoms with van der Waals surface area (Å²) in [7, 11) is 0. The molecule has 5 unspecified atom stereocenters. The van der Waals surface area contributed by atoms with Crippen LogP contribution in [0, 0.1) is 5.92 Å². The van der Waals surface area contributed by atoms with Gasteiger partial charge in [-0.05, 0) is 11.5 Å². The highest BCUT2D eigenvalue weighted by atomic mass is 16.4. The Morgan fingerprint density at radius 3 is 2.00 bits per heavy atom. The number of aliphatic carboxylic acids is 1. The van der Waals surface area contributed by atoms with E-state index < -0.39 is 66.8 Å². The van der Waals surface area contributed by atoms with Crippen LogP contribution in [0.3, 0.4) is 0 Å². The monoisotopic (exact) mass is 479 g/mol. The van der Waals surface area contributed by atoms with Crippen molar-refractivity contribution < 1.29 is 34.2 Å². The number of benzene rings is 1. The Balaban J connectivity index is 3.03. The molecule has 0 bridgehead atoms. The van der Waals surface area contributed by atoms with Crippen LogP contribution < -0.4 is 27.4 Å². The molecule has 0 fully saturated rings. The Labute approximate surface area is 197 Å². The topological polar surface area (TPSA) is 214 Å². The van der Waals surface area contributed by atoms with Gasteiger partial charge < -0.3 is 37.6 Å². The summed E-state index contributed by atoms with van der Waals surface area (Å²) >= 11 is 0.